The van der Waals surface area contributed by atoms with E-state index in [0.717, 1.165) is 6.26 Å². The van der Waals surface area contributed by atoms with Gasteiger partial charge in [0.2, 0.25) is 5.89 Å². The Morgan fingerprint density at radius 2 is 2.00 bits per heavy atom. The van der Waals surface area contributed by atoms with E-state index in [-0.39, 0.29) is 11.4 Å². The van der Waals surface area contributed by atoms with Crippen LogP contribution in [0.1, 0.15) is 11.7 Å². The lowest BCUT2D eigenvalue weighted by Gasteiger charge is -2.06. The van der Waals surface area contributed by atoms with Gasteiger partial charge in [-0.15, -0.1) is 0 Å². The summed E-state index contributed by atoms with van der Waals surface area (Å²) in [5, 5.41) is 8.93. The number of hydrogen-bond donors (Lipinski definition) is 2. The smallest absolute Gasteiger partial charge is 0.319 e. The number of rotatable bonds is 6. The Hall–Kier alpha value is -2.07. The number of carbonyl (C=O) groups excluding carboxylic acids is 1. The van der Waals surface area contributed by atoms with Gasteiger partial charge in [-0.3, -0.25) is 0 Å². The second-order valence-electron chi connectivity index (χ2n) is 4.64. The molecule has 0 fully saturated rings. The van der Waals surface area contributed by atoms with Crippen molar-refractivity contribution in [3.63, 3.8) is 0 Å². The van der Waals surface area contributed by atoms with Gasteiger partial charge in [-0.25, -0.2) is 13.2 Å². The monoisotopic (exact) mass is 356 g/mol. The Labute approximate surface area is 138 Å². The Morgan fingerprint density at radius 3 is 2.61 bits per heavy atom. The molecule has 10 heteroatoms. The zero-order chi connectivity index (χ0) is 16.9. The quantitative estimate of drug-likeness (QED) is 0.809. The van der Waals surface area contributed by atoms with Gasteiger partial charge in [-0.05, 0) is 30.5 Å². The third kappa shape index (κ3) is 5.25. The average molecular weight is 356 g/mol. The summed E-state index contributed by atoms with van der Waals surface area (Å²) in [7, 11) is -3.25. The van der Waals surface area contributed by atoms with Crippen molar-refractivity contribution in [1.82, 2.24) is 15.5 Å². The highest BCUT2D eigenvalue weighted by Crippen LogP contribution is 2.13. The molecule has 8 nitrogen and oxygen atoms in total. The van der Waals surface area contributed by atoms with Crippen molar-refractivity contribution in [2.75, 3.05) is 17.8 Å². The number of urea groups is 1. The second-order valence-corrected chi connectivity index (χ2v) is 7.52. The molecule has 0 saturated heterocycles. The van der Waals surface area contributed by atoms with E-state index in [4.69, 9.17) is 4.52 Å². The fourth-order valence-electron chi connectivity index (χ4n) is 1.67. The van der Waals surface area contributed by atoms with Gasteiger partial charge in [0, 0.05) is 11.9 Å². The fourth-order valence-corrected chi connectivity index (χ4v) is 2.67. The summed E-state index contributed by atoms with van der Waals surface area (Å²) in [6.45, 7) is 0.106. The van der Waals surface area contributed by atoms with Crippen molar-refractivity contribution in [1.29, 1.82) is 0 Å². The Morgan fingerprint density at radius 1 is 1.30 bits per heavy atom. The van der Waals surface area contributed by atoms with Crippen molar-refractivity contribution in [3.8, 4) is 0 Å². The van der Waals surface area contributed by atoms with Gasteiger partial charge in [-0.2, -0.15) is 16.7 Å². The second kappa shape index (κ2) is 7.47. The predicted molar refractivity (Wildman–Crippen MR) is 86.9 cm³/mol. The number of nitrogens with one attached hydrogen (secondary N) is 2. The first-order valence-electron chi connectivity index (χ1n) is 6.54. The highest BCUT2D eigenvalue weighted by Gasteiger charge is 2.09. The highest BCUT2D eigenvalue weighted by atomic mass is 32.2. The SMILES string of the molecule is CSCc1noc(CNC(=O)Nc2ccc(S(C)(=O)=O)cc2)n1. The van der Waals surface area contributed by atoms with E-state index in [9.17, 15) is 13.2 Å². The van der Waals surface area contributed by atoms with Crippen molar-refractivity contribution < 1.29 is 17.7 Å². The van der Waals surface area contributed by atoms with E-state index in [1.807, 2.05) is 6.26 Å². The Balaban J connectivity index is 1.86. The van der Waals surface area contributed by atoms with Gasteiger partial charge >= 0.3 is 6.03 Å². The molecule has 0 spiro atoms. The number of amides is 2. The van der Waals surface area contributed by atoms with Crippen LogP contribution in [0.15, 0.2) is 33.7 Å². The third-order valence-corrected chi connectivity index (χ3v) is 4.40. The molecule has 2 rings (SSSR count). The summed E-state index contributed by atoms with van der Waals surface area (Å²) in [5.74, 6) is 1.53. The highest BCUT2D eigenvalue weighted by molar-refractivity contribution is 7.97. The maximum Gasteiger partial charge on any atom is 0.319 e. The number of nitrogens with zero attached hydrogens (tertiary/aromatic N) is 2. The van der Waals surface area contributed by atoms with Crippen LogP contribution in [0.2, 0.25) is 0 Å². The Kier molecular flexibility index (Phi) is 5.61. The number of anilines is 1. The summed E-state index contributed by atoms with van der Waals surface area (Å²) < 4.78 is 27.7. The molecule has 0 radical (unpaired) electrons. The van der Waals surface area contributed by atoms with E-state index in [1.54, 1.807) is 11.8 Å². The van der Waals surface area contributed by atoms with Crippen LogP contribution in [0.3, 0.4) is 0 Å². The number of sulfone groups is 1. The molecule has 1 aromatic carbocycles. The molecule has 1 heterocycles. The molecule has 0 bridgehead atoms. The first-order valence-corrected chi connectivity index (χ1v) is 9.82. The molecule has 2 amide bonds. The van der Waals surface area contributed by atoms with Gasteiger partial charge in [0.1, 0.15) is 0 Å². The molecule has 0 atom stereocenters. The molecule has 0 aliphatic carbocycles. The van der Waals surface area contributed by atoms with Crippen LogP contribution in [-0.2, 0) is 22.1 Å². The molecular formula is C13H16N4O4S2. The summed E-state index contributed by atoms with van der Waals surface area (Å²) >= 11 is 1.57. The van der Waals surface area contributed by atoms with Crippen molar-refractivity contribution >= 4 is 33.3 Å². The maximum atomic E-state index is 11.8. The van der Waals surface area contributed by atoms with Crippen LogP contribution in [0.4, 0.5) is 10.5 Å². The minimum Gasteiger partial charge on any atom is -0.337 e. The lowest BCUT2D eigenvalue weighted by molar-refractivity contribution is 0.249. The summed E-state index contributed by atoms with van der Waals surface area (Å²) in [6.07, 6.45) is 3.05. The number of thioether (sulfide) groups is 1. The first kappa shape index (κ1) is 17.3. The molecule has 2 N–H and O–H groups in total. The van der Waals surface area contributed by atoms with Crippen LogP contribution in [0.5, 0.6) is 0 Å². The summed E-state index contributed by atoms with van der Waals surface area (Å²) in [5.41, 5.74) is 0.475. The van der Waals surface area contributed by atoms with Gasteiger partial charge in [-0.1, -0.05) is 5.16 Å². The maximum absolute atomic E-state index is 11.8. The summed E-state index contributed by atoms with van der Waals surface area (Å²) in [6, 6.07) is 5.43. The van der Waals surface area contributed by atoms with Crippen LogP contribution < -0.4 is 10.6 Å². The van der Waals surface area contributed by atoms with Crippen LogP contribution in [0.25, 0.3) is 0 Å². The number of aromatic nitrogens is 2. The number of hydrogen-bond acceptors (Lipinski definition) is 7. The standard InChI is InChI=1S/C13H16N4O4S2/c1-22-8-11-16-12(21-17-11)7-14-13(18)15-9-3-5-10(6-4-9)23(2,19)20/h3-6H,7-8H2,1-2H3,(H2,14,15,18). The number of carbonyl (C=O) groups is 1. The minimum absolute atomic E-state index is 0.106. The van der Waals surface area contributed by atoms with Gasteiger partial charge in [0.25, 0.3) is 0 Å². The topological polar surface area (TPSA) is 114 Å². The molecule has 2 aromatic rings. The van der Waals surface area contributed by atoms with E-state index in [1.165, 1.54) is 24.3 Å². The van der Waals surface area contributed by atoms with Crippen LogP contribution in [0, 0.1) is 0 Å². The lowest BCUT2D eigenvalue weighted by Crippen LogP contribution is -2.28. The lowest BCUT2D eigenvalue weighted by atomic mass is 10.3. The molecule has 0 unspecified atom stereocenters. The van der Waals surface area contributed by atoms with Crippen molar-refractivity contribution in [2.24, 2.45) is 0 Å². The van der Waals surface area contributed by atoms with Crippen molar-refractivity contribution in [3.05, 3.63) is 36.0 Å². The van der Waals surface area contributed by atoms with E-state index in [0.29, 0.717) is 23.2 Å². The van der Waals surface area contributed by atoms with Gasteiger partial charge < -0.3 is 15.2 Å². The molecule has 124 valence electrons. The first-order chi connectivity index (χ1) is 10.9. The molecular weight excluding hydrogens is 340 g/mol. The molecule has 0 aliphatic rings. The number of benzene rings is 1. The molecule has 0 saturated carbocycles. The Bertz CT molecular complexity index is 772. The normalized spacial score (nSPS) is 11.2. The van der Waals surface area contributed by atoms with Gasteiger partial charge in [0.05, 0.1) is 17.2 Å². The average Bonchev–Trinajstić information content (AvgIpc) is 2.93. The van der Waals surface area contributed by atoms with E-state index >= 15 is 0 Å². The van der Waals surface area contributed by atoms with E-state index in [2.05, 4.69) is 20.8 Å². The largest absolute Gasteiger partial charge is 0.337 e. The molecule has 23 heavy (non-hydrogen) atoms. The van der Waals surface area contributed by atoms with Gasteiger partial charge in [0.15, 0.2) is 15.7 Å². The van der Waals surface area contributed by atoms with Crippen molar-refractivity contribution in [2.45, 2.75) is 17.2 Å². The molecule has 1 aromatic heterocycles. The third-order valence-electron chi connectivity index (χ3n) is 2.72. The zero-order valence-corrected chi connectivity index (χ0v) is 14.2. The van der Waals surface area contributed by atoms with Crippen LogP contribution in [-0.4, -0.2) is 37.1 Å². The molecule has 0 aliphatic heterocycles. The van der Waals surface area contributed by atoms with Crippen LogP contribution >= 0.6 is 11.8 Å². The zero-order valence-electron chi connectivity index (χ0n) is 12.6. The predicted octanol–water partition coefficient (Wildman–Crippen LogP) is 1.66. The fraction of sp³-hybridized carbons (Fsp3) is 0.308. The van der Waals surface area contributed by atoms with E-state index < -0.39 is 15.9 Å². The minimum atomic E-state index is -3.25. The summed E-state index contributed by atoms with van der Waals surface area (Å²) in [4.78, 5) is 16.1.